The largest absolute Gasteiger partial charge is 0.480 e. The SMILES string of the molecule is CC[C@H](Oc1cccc(C)c1C)C(=O)Nc1ccc(Br)c(Cl)c1. The van der Waals surface area contributed by atoms with Gasteiger partial charge in [0.1, 0.15) is 5.75 Å². The standard InChI is InChI=1S/C18H19BrClNO2/c1-4-16(23-17-7-5-6-11(2)12(17)3)18(22)21-13-8-9-14(19)15(20)10-13/h5-10,16H,4H2,1-3H3,(H,21,22)/t16-/m0/s1. The molecule has 23 heavy (non-hydrogen) atoms. The maximum atomic E-state index is 12.4. The van der Waals surface area contributed by atoms with E-state index >= 15 is 0 Å². The van der Waals surface area contributed by atoms with Gasteiger partial charge in [0.25, 0.3) is 5.91 Å². The van der Waals surface area contributed by atoms with E-state index in [2.05, 4.69) is 21.2 Å². The summed E-state index contributed by atoms with van der Waals surface area (Å²) < 4.78 is 6.70. The Morgan fingerprint density at radius 1 is 1.30 bits per heavy atom. The summed E-state index contributed by atoms with van der Waals surface area (Å²) in [6.07, 6.45) is 0.0154. The van der Waals surface area contributed by atoms with Gasteiger partial charge in [-0.2, -0.15) is 0 Å². The molecule has 0 unspecified atom stereocenters. The number of hydrogen-bond donors (Lipinski definition) is 1. The highest BCUT2D eigenvalue weighted by atomic mass is 79.9. The molecule has 0 bridgehead atoms. The molecule has 0 aliphatic heterocycles. The van der Waals surface area contributed by atoms with E-state index in [1.165, 1.54) is 0 Å². The molecule has 1 amide bonds. The van der Waals surface area contributed by atoms with Crippen molar-refractivity contribution in [3.8, 4) is 5.75 Å². The molecule has 1 N–H and O–H groups in total. The summed E-state index contributed by atoms with van der Waals surface area (Å²) in [6, 6.07) is 11.1. The first-order chi connectivity index (χ1) is 10.9. The Labute approximate surface area is 150 Å². The maximum absolute atomic E-state index is 12.4. The average molecular weight is 397 g/mol. The molecule has 0 saturated heterocycles. The Morgan fingerprint density at radius 3 is 2.70 bits per heavy atom. The molecule has 5 heteroatoms. The molecule has 3 nitrogen and oxygen atoms in total. The minimum absolute atomic E-state index is 0.188. The van der Waals surface area contributed by atoms with E-state index in [-0.39, 0.29) is 5.91 Å². The van der Waals surface area contributed by atoms with E-state index in [4.69, 9.17) is 16.3 Å². The van der Waals surface area contributed by atoms with E-state index in [9.17, 15) is 4.79 Å². The van der Waals surface area contributed by atoms with Crippen molar-refractivity contribution in [2.24, 2.45) is 0 Å². The summed E-state index contributed by atoms with van der Waals surface area (Å²) in [5.41, 5.74) is 2.83. The number of nitrogens with one attached hydrogen (secondary N) is 1. The molecular weight excluding hydrogens is 378 g/mol. The normalized spacial score (nSPS) is 11.9. The van der Waals surface area contributed by atoms with Gasteiger partial charge < -0.3 is 10.1 Å². The van der Waals surface area contributed by atoms with Gasteiger partial charge in [0.2, 0.25) is 0 Å². The number of benzene rings is 2. The zero-order valence-electron chi connectivity index (χ0n) is 13.3. The van der Waals surface area contributed by atoms with Crippen LogP contribution < -0.4 is 10.1 Å². The maximum Gasteiger partial charge on any atom is 0.265 e. The third kappa shape index (κ3) is 4.49. The number of aryl methyl sites for hydroxylation is 1. The number of carbonyl (C=O) groups is 1. The molecule has 0 heterocycles. The third-order valence-electron chi connectivity index (χ3n) is 3.67. The number of halogens is 2. The van der Waals surface area contributed by atoms with Crippen molar-refractivity contribution in [2.75, 3.05) is 5.32 Å². The van der Waals surface area contributed by atoms with Crippen LogP contribution in [0.25, 0.3) is 0 Å². The number of carbonyl (C=O) groups excluding carboxylic acids is 1. The van der Waals surface area contributed by atoms with Crippen LogP contribution >= 0.6 is 27.5 Å². The molecular formula is C18H19BrClNO2. The van der Waals surface area contributed by atoms with Crippen LogP contribution in [0.4, 0.5) is 5.69 Å². The number of ether oxygens (including phenoxy) is 1. The van der Waals surface area contributed by atoms with Gasteiger partial charge in [-0.15, -0.1) is 0 Å². The van der Waals surface area contributed by atoms with Crippen LogP contribution in [0, 0.1) is 13.8 Å². The summed E-state index contributed by atoms with van der Waals surface area (Å²) in [5, 5.41) is 3.39. The number of rotatable bonds is 5. The summed E-state index contributed by atoms with van der Waals surface area (Å²) in [5.74, 6) is 0.549. The Morgan fingerprint density at radius 2 is 2.04 bits per heavy atom. The average Bonchev–Trinajstić information content (AvgIpc) is 2.52. The van der Waals surface area contributed by atoms with Gasteiger partial charge in [0.15, 0.2) is 6.10 Å². The first-order valence-electron chi connectivity index (χ1n) is 7.41. The molecule has 2 rings (SSSR count). The van der Waals surface area contributed by atoms with Crippen molar-refractivity contribution in [3.05, 3.63) is 57.0 Å². The monoisotopic (exact) mass is 395 g/mol. The van der Waals surface area contributed by atoms with Crippen molar-refractivity contribution in [3.63, 3.8) is 0 Å². The molecule has 2 aromatic rings. The van der Waals surface area contributed by atoms with E-state index in [1.807, 2.05) is 39.0 Å². The molecule has 0 aliphatic rings. The molecule has 2 aromatic carbocycles. The van der Waals surface area contributed by atoms with Gasteiger partial charge in [-0.25, -0.2) is 0 Å². The van der Waals surface area contributed by atoms with Gasteiger partial charge in [-0.1, -0.05) is 30.7 Å². The summed E-state index contributed by atoms with van der Waals surface area (Å²) in [7, 11) is 0. The summed E-state index contributed by atoms with van der Waals surface area (Å²) in [6.45, 7) is 5.93. The van der Waals surface area contributed by atoms with Crippen LogP contribution in [0.3, 0.4) is 0 Å². The fourth-order valence-electron chi connectivity index (χ4n) is 2.12. The highest BCUT2D eigenvalue weighted by molar-refractivity contribution is 9.10. The molecule has 0 aliphatic carbocycles. The van der Waals surface area contributed by atoms with Crippen molar-refractivity contribution >= 4 is 39.1 Å². The lowest BCUT2D eigenvalue weighted by atomic mass is 10.1. The number of hydrogen-bond acceptors (Lipinski definition) is 2. The lowest BCUT2D eigenvalue weighted by Crippen LogP contribution is -2.32. The van der Waals surface area contributed by atoms with Gasteiger partial charge in [-0.05, 0) is 71.6 Å². The third-order valence-corrected chi connectivity index (χ3v) is 4.91. The van der Waals surface area contributed by atoms with Gasteiger partial charge in [-0.3, -0.25) is 4.79 Å². The molecule has 0 radical (unpaired) electrons. The van der Waals surface area contributed by atoms with Crippen LogP contribution in [-0.4, -0.2) is 12.0 Å². The first-order valence-corrected chi connectivity index (χ1v) is 8.58. The molecule has 0 aromatic heterocycles. The predicted octanol–water partition coefficient (Wildman–Crippen LogP) is 5.52. The Balaban J connectivity index is 2.12. The summed E-state index contributed by atoms with van der Waals surface area (Å²) in [4.78, 5) is 12.4. The molecule has 1 atom stereocenters. The van der Waals surface area contributed by atoms with Crippen LogP contribution in [0.5, 0.6) is 5.75 Å². The lowest BCUT2D eigenvalue weighted by Gasteiger charge is -2.19. The van der Waals surface area contributed by atoms with Crippen LogP contribution in [0.2, 0.25) is 5.02 Å². The van der Waals surface area contributed by atoms with Crippen LogP contribution in [0.1, 0.15) is 24.5 Å². The molecule has 0 spiro atoms. The van der Waals surface area contributed by atoms with Crippen molar-refractivity contribution in [2.45, 2.75) is 33.3 Å². The molecule has 122 valence electrons. The zero-order valence-corrected chi connectivity index (χ0v) is 15.7. The van der Waals surface area contributed by atoms with Crippen molar-refractivity contribution in [1.29, 1.82) is 0 Å². The number of amides is 1. The van der Waals surface area contributed by atoms with Crippen LogP contribution in [0.15, 0.2) is 40.9 Å². The van der Waals surface area contributed by atoms with Crippen molar-refractivity contribution in [1.82, 2.24) is 0 Å². The number of anilines is 1. The first kappa shape index (κ1) is 17.8. The fraction of sp³-hybridized carbons (Fsp3) is 0.278. The van der Waals surface area contributed by atoms with Gasteiger partial charge >= 0.3 is 0 Å². The topological polar surface area (TPSA) is 38.3 Å². The second-order valence-corrected chi connectivity index (χ2v) is 6.59. The Kier molecular flexibility index (Phi) is 6.08. The second-order valence-electron chi connectivity index (χ2n) is 5.33. The smallest absolute Gasteiger partial charge is 0.265 e. The van der Waals surface area contributed by atoms with E-state index in [0.29, 0.717) is 17.1 Å². The molecule has 0 fully saturated rings. The van der Waals surface area contributed by atoms with E-state index in [1.54, 1.807) is 18.2 Å². The highest BCUT2D eigenvalue weighted by Gasteiger charge is 2.19. The second kappa shape index (κ2) is 7.84. The summed E-state index contributed by atoms with van der Waals surface area (Å²) >= 11 is 9.38. The Hall–Kier alpha value is -1.52. The zero-order chi connectivity index (χ0) is 17.0. The van der Waals surface area contributed by atoms with Gasteiger partial charge in [0, 0.05) is 10.2 Å². The highest BCUT2D eigenvalue weighted by Crippen LogP contribution is 2.26. The minimum atomic E-state index is -0.557. The molecule has 0 saturated carbocycles. The predicted molar refractivity (Wildman–Crippen MR) is 98.4 cm³/mol. The van der Waals surface area contributed by atoms with E-state index < -0.39 is 6.10 Å². The quantitative estimate of drug-likeness (QED) is 0.723. The van der Waals surface area contributed by atoms with E-state index in [0.717, 1.165) is 21.3 Å². The lowest BCUT2D eigenvalue weighted by molar-refractivity contribution is -0.122. The van der Waals surface area contributed by atoms with Gasteiger partial charge in [0.05, 0.1) is 5.02 Å². The van der Waals surface area contributed by atoms with Crippen molar-refractivity contribution < 1.29 is 9.53 Å². The van der Waals surface area contributed by atoms with Crippen LogP contribution in [-0.2, 0) is 4.79 Å². The minimum Gasteiger partial charge on any atom is -0.480 e. The fourth-order valence-corrected chi connectivity index (χ4v) is 2.55. The Bertz CT molecular complexity index is 718.